The van der Waals surface area contributed by atoms with Crippen LogP contribution >= 0.6 is 0 Å². The Kier molecular flexibility index (Phi) is 3.09. The molecule has 6 nitrogen and oxygen atoms in total. The van der Waals surface area contributed by atoms with E-state index >= 15 is 0 Å². The highest BCUT2D eigenvalue weighted by Gasteiger charge is 2.07. The molecule has 0 spiro atoms. The number of carboxylic acids is 1. The molecule has 0 unspecified atom stereocenters. The summed E-state index contributed by atoms with van der Waals surface area (Å²) in [7, 11) is 0. The summed E-state index contributed by atoms with van der Waals surface area (Å²) in [6.07, 6.45) is 2.68. The number of aromatic carboxylic acids is 1. The van der Waals surface area contributed by atoms with E-state index in [0.29, 0.717) is 11.4 Å². The highest BCUT2D eigenvalue weighted by molar-refractivity contribution is 5.89. The molecule has 0 radical (unpaired) electrons. The van der Waals surface area contributed by atoms with Gasteiger partial charge < -0.3 is 10.4 Å². The third-order valence-corrected chi connectivity index (χ3v) is 2.26. The number of anilines is 1. The molecule has 2 N–H and O–H groups in total. The van der Waals surface area contributed by atoms with Gasteiger partial charge in [-0.15, -0.1) is 0 Å². The molecule has 1 aromatic carbocycles. The average molecular weight is 245 g/mol. The van der Waals surface area contributed by atoms with Gasteiger partial charge in [0.15, 0.2) is 0 Å². The van der Waals surface area contributed by atoms with Crippen molar-refractivity contribution >= 4 is 17.6 Å². The first kappa shape index (κ1) is 11.8. The van der Waals surface area contributed by atoms with Crippen molar-refractivity contribution in [2.24, 2.45) is 0 Å². The van der Waals surface area contributed by atoms with E-state index in [4.69, 9.17) is 5.11 Å². The number of hydrogen-bond acceptors (Lipinski definition) is 3. The summed E-state index contributed by atoms with van der Waals surface area (Å²) in [5, 5.41) is 15.4. The van der Waals surface area contributed by atoms with Crippen molar-refractivity contribution < 1.29 is 14.7 Å². The molecule has 0 saturated heterocycles. The van der Waals surface area contributed by atoms with Crippen LogP contribution < -0.4 is 5.32 Å². The molecule has 1 heterocycles. The fraction of sp³-hybridized carbons (Fsp3) is 0.0833. The van der Waals surface area contributed by atoms with Crippen LogP contribution in [-0.4, -0.2) is 26.8 Å². The second-order valence-corrected chi connectivity index (χ2v) is 3.71. The van der Waals surface area contributed by atoms with Crippen LogP contribution in [0.4, 0.5) is 5.69 Å². The maximum atomic E-state index is 10.9. The first-order valence-electron chi connectivity index (χ1n) is 5.22. The molecule has 2 aromatic rings. The van der Waals surface area contributed by atoms with Crippen LogP contribution in [0.2, 0.25) is 0 Å². The lowest BCUT2D eigenvalue weighted by Gasteiger charge is -2.05. The van der Waals surface area contributed by atoms with Crippen molar-refractivity contribution in [1.29, 1.82) is 0 Å². The topological polar surface area (TPSA) is 84.2 Å². The lowest BCUT2D eigenvalue weighted by Crippen LogP contribution is -2.06. The Morgan fingerprint density at radius 3 is 2.78 bits per heavy atom. The highest BCUT2D eigenvalue weighted by Crippen LogP contribution is 2.14. The van der Waals surface area contributed by atoms with Crippen molar-refractivity contribution in [3.8, 4) is 5.69 Å². The van der Waals surface area contributed by atoms with E-state index in [-0.39, 0.29) is 11.5 Å². The smallest absolute Gasteiger partial charge is 0.338 e. The van der Waals surface area contributed by atoms with E-state index in [0.717, 1.165) is 0 Å². The second kappa shape index (κ2) is 4.70. The quantitative estimate of drug-likeness (QED) is 0.858. The summed E-state index contributed by atoms with van der Waals surface area (Å²) in [5.74, 6) is -1.20. The lowest BCUT2D eigenvalue weighted by atomic mass is 10.2. The SMILES string of the molecule is CC(=O)Nc1cccc(-n2cc(C(=O)O)cn2)c1. The number of nitrogens with one attached hydrogen (secondary N) is 1. The summed E-state index contributed by atoms with van der Waals surface area (Å²) in [4.78, 5) is 21.7. The van der Waals surface area contributed by atoms with Crippen molar-refractivity contribution in [1.82, 2.24) is 9.78 Å². The number of carboxylic acid groups (broad SMARTS) is 1. The van der Waals surface area contributed by atoms with Crippen LogP contribution in [0.5, 0.6) is 0 Å². The third-order valence-electron chi connectivity index (χ3n) is 2.26. The average Bonchev–Trinajstić information content (AvgIpc) is 2.77. The van der Waals surface area contributed by atoms with Crippen molar-refractivity contribution in [3.63, 3.8) is 0 Å². The fourth-order valence-corrected chi connectivity index (χ4v) is 1.50. The number of carbonyl (C=O) groups is 2. The maximum absolute atomic E-state index is 10.9. The van der Waals surface area contributed by atoms with Crippen LogP contribution in [0.15, 0.2) is 36.7 Å². The molecule has 92 valence electrons. The van der Waals surface area contributed by atoms with E-state index in [2.05, 4.69) is 10.4 Å². The molecule has 0 aliphatic rings. The van der Waals surface area contributed by atoms with Gasteiger partial charge in [-0.2, -0.15) is 5.10 Å². The normalized spacial score (nSPS) is 10.1. The van der Waals surface area contributed by atoms with E-state index < -0.39 is 5.97 Å². The van der Waals surface area contributed by atoms with Gasteiger partial charge in [-0.25, -0.2) is 9.48 Å². The summed E-state index contributed by atoms with van der Waals surface area (Å²) in [6.45, 7) is 1.42. The van der Waals surface area contributed by atoms with Gasteiger partial charge in [0.2, 0.25) is 5.91 Å². The van der Waals surface area contributed by atoms with Gasteiger partial charge in [0.25, 0.3) is 0 Å². The number of hydrogen-bond donors (Lipinski definition) is 2. The van der Waals surface area contributed by atoms with Gasteiger partial charge in [-0.1, -0.05) is 6.07 Å². The molecular formula is C12H11N3O3. The first-order chi connectivity index (χ1) is 8.56. The van der Waals surface area contributed by atoms with Crippen LogP contribution in [0, 0.1) is 0 Å². The zero-order chi connectivity index (χ0) is 13.1. The molecule has 0 saturated carbocycles. The second-order valence-electron chi connectivity index (χ2n) is 3.71. The van der Waals surface area contributed by atoms with E-state index in [1.54, 1.807) is 24.3 Å². The van der Waals surface area contributed by atoms with Crippen LogP contribution in [0.25, 0.3) is 5.69 Å². The van der Waals surface area contributed by atoms with Gasteiger partial charge in [0.05, 0.1) is 17.4 Å². The highest BCUT2D eigenvalue weighted by atomic mass is 16.4. The molecule has 6 heteroatoms. The predicted molar refractivity (Wildman–Crippen MR) is 64.8 cm³/mol. The fourth-order valence-electron chi connectivity index (χ4n) is 1.50. The van der Waals surface area contributed by atoms with Gasteiger partial charge in [-0.05, 0) is 18.2 Å². The number of amides is 1. The van der Waals surface area contributed by atoms with Crippen molar-refractivity contribution in [3.05, 3.63) is 42.2 Å². The number of rotatable bonds is 3. The van der Waals surface area contributed by atoms with Gasteiger partial charge in [-0.3, -0.25) is 4.79 Å². The Bertz CT molecular complexity index is 604. The minimum atomic E-state index is -1.03. The number of carbonyl (C=O) groups excluding carboxylic acids is 1. The summed E-state index contributed by atoms with van der Waals surface area (Å²) < 4.78 is 1.44. The largest absolute Gasteiger partial charge is 0.478 e. The number of benzene rings is 1. The van der Waals surface area contributed by atoms with Crippen LogP contribution in [0.1, 0.15) is 17.3 Å². The Balaban J connectivity index is 2.32. The Morgan fingerprint density at radius 2 is 2.17 bits per heavy atom. The molecule has 0 bridgehead atoms. The minimum Gasteiger partial charge on any atom is -0.478 e. The standard InChI is InChI=1S/C12H11N3O3/c1-8(16)14-10-3-2-4-11(5-10)15-7-9(6-13-15)12(17)18/h2-7H,1H3,(H,14,16)(H,17,18). The number of nitrogens with zero attached hydrogens (tertiary/aromatic N) is 2. The first-order valence-corrected chi connectivity index (χ1v) is 5.22. The van der Waals surface area contributed by atoms with Crippen LogP contribution in [0.3, 0.4) is 0 Å². The Morgan fingerprint density at radius 1 is 1.39 bits per heavy atom. The molecule has 0 aliphatic carbocycles. The van der Waals surface area contributed by atoms with Gasteiger partial charge in [0.1, 0.15) is 0 Å². The third kappa shape index (κ3) is 2.54. The molecule has 1 amide bonds. The molecule has 0 aliphatic heterocycles. The Labute approximate surface area is 103 Å². The van der Waals surface area contributed by atoms with E-state index in [9.17, 15) is 9.59 Å². The number of aromatic nitrogens is 2. The van der Waals surface area contributed by atoms with Crippen LogP contribution in [-0.2, 0) is 4.79 Å². The summed E-state index contributed by atoms with van der Waals surface area (Å²) in [6, 6.07) is 6.97. The zero-order valence-electron chi connectivity index (χ0n) is 9.62. The monoisotopic (exact) mass is 245 g/mol. The zero-order valence-corrected chi connectivity index (χ0v) is 9.62. The summed E-state index contributed by atoms with van der Waals surface area (Å²) >= 11 is 0. The van der Waals surface area contributed by atoms with Gasteiger partial charge in [0, 0.05) is 18.8 Å². The van der Waals surface area contributed by atoms with Gasteiger partial charge >= 0.3 is 5.97 Å². The Hall–Kier alpha value is -2.63. The maximum Gasteiger partial charge on any atom is 0.338 e. The molecule has 2 rings (SSSR count). The molecule has 0 fully saturated rings. The molecule has 1 aromatic heterocycles. The van der Waals surface area contributed by atoms with E-state index in [1.165, 1.54) is 24.0 Å². The van der Waals surface area contributed by atoms with E-state index in [1.807, 2.05) is 0 Å². The molecule has 0 atom stereocenters. The predicted octanol–water partition coefficient (Wildman–Crippen LogP) is 1.53. The minimum absolute atomic E-state index is 0.111. The van der Waals surface area contributed by atoms with Crippen molar-refractivity contribution in [2.75, 3.05) is 5.32 Å². The molecular weight excluding hydrogens is 234 g/mol. The lowest BCUT2D eigenvalue weighted by molar-refractivity contribution is -0.114. The molecule has 18 heavy (non-hydrogen) atoms. The summed E-state index contributed by atoms with van der Waals surface area (Å²) in [5.41, 5.74) is 1.42. The van der Waals surface area contributed by atoms with Crippen molar-refractivity contribution in [2.45, 2.75) is 6.92 Å².